The fourth-order valence-corrected chi connectivity index (χ4v) is 1.38. The molecule has 0 aliphatic heterocycles. The average Bonchev–Trinajstić information content (AvgIpc) is 2.50. The molecular formula is C12H22ClN3. The molecule has 1 rings (SSSR count). The number of nitrogens with zero attached hydrogens (tertiary/aromatic N) is 2. The molecule has 4 heteroatoms. The summed E-state index contributed by atoms with van der Waals surface area (Å²) in [6.07, 6.45) is 6.16. The van der Waals surface area contributed by atoms with Gasteiger partial charge < -0.3 is 5.32 Å². The number of rotatable bonds is 5. The molecule has 0 aliphatic carbocycles. The van der Waals surface area contributed by atoms with E-state index in [2.05, 4.69) is 50.4 Å². The SMILES string of the molecule is CC(C)=CCNC(C)Cn1cc(C)cn1.Cl. The first-order valence-electron chi connectivity index (χ1n) is 5.43. The van der Waals surface area contributed by atoms with Crippen molar-refractivity contribution in [3.63, 3.8) is 0 Å². The van der Waals surface area contributed by atoms with Gasteiger partial charge in [0.25, 0.3) is 0 Å². The van der Waals surface area contributed by atoms with Crippen LogP contribution in [0.2, 0.25) is 0 Å². The van der Waals surface area contributed by atoms with Crippen LogP contribution in [0, 0.1) is 6.92 Å². The van der Waals surface area contributed by atoms with Crippen LogP contribution in [-0.2, 0) is 6.54 Å². The average molecular weight is 244 g/mol. The van der Waals surface area contributed by atoms with Gasteiger partial charge in [-0.3, -0.25) is 4.68 Å². The molecule has 0 spiro atoms. The van der Waals surface area contributed by atoms with Gasteiger partial charge in [0.2, 0.25) is 0 Å². The van der Waals surface area contributed by atoms with Crippen molar-refractivity contribution in [3.8, 4) is 0 Å². The lowest BCUT2D eigenvalue weighted by molar-refractivity contribution is 0.468. The van der Waals surface area contributed by atoms with Crippen LogP contribution in [0.3, 0.4) is 0 Å². The molecular weight excluding hydrogens is 222 g/mol. The molecule has 0 amide bonds. The first-order valence-corrected chi connectivity index (χ1v) is 5.43. The number of nitrogens with one attached hydrogen (secondary N) is 1. The van der Waals surface area contributed by atoms with E-state index in [1.807, 2.05) is 10.9 Å². The van der Waals surface area contributed by atoms with Crippen molar-refractivity contribution < 1.29 is 0 Å². The molecule has 0 aliphatic rings. The van der Waals surface area contributed by atoms with Crippen molar-refractivity contribution in [3.05, 3.63) is 29.6 Å². The zero-order valence-corrected chi connectivity index (χ0v) is 11.3. The maximum Gasteiger partial charge on any atom is 0.0560 e. The van der Waals surface area contributed by atoms with E-state index < -0.39 is 0 Å². The number of allylic oxidation sites excluding steroid dienone is 1. The quantitative estimate of drug-likeness (QED) is 0.806. The first kappa shape index (κ1) is 15.2. The van der Waals surface area contributed by atoms with E-state index in [4.69, 9.17) is 0 Å². The Morgan fingerprint density at radius 1 is 1.56 bits per heavy atom. The van der Waals surface area contributed by atoms with Gasteiger partial charge >= 0.3 is 0 Å². The summed E-state index contributed by atoms with van der Waals surface area (Å²) in [7, 11) is 0. The van der Waals surface area contributed by atoms with Gasteiger partial charge in [-0.25, -0.2) is 0 Å². The molecule has 1 aromatic heterocycles. The lowest BCUT2D eigenvalue weighted by Crippen LogP contribution is -2.30. The number of aryl methyl sites for hydroxylation is 1. The Labute approximate surface area is 104 Å². The topological polar surface area (TPSA) is 29.9 Å². The number of hydrogen-bond donors (Lipinski definition) is 1. The van der Waals surface area contributed by atoms with E-state index in [9.17, 15) is 0 Å². The van der Waals surface area contributed by atoms with E-state index in [1.165, 1.54) is 11.1 Å². The number of aromatic nitrogens is 2. The second kappa shape index (κ2) is 7.47. The molecule has 0 bridgehead atoms. The Balaban J connectivity index is 0.00000225. The summed E-state index contributed by atoms with van der Waals surface area (Å²) in [5, 5.41) is 7.69. The van der Waals surface area contributed by atoms with Crippen LogP contribution in [0.5, 0.6) is 0 Å². The lowest BCUT2D eigenvalue weighted by atomic mass is 10.3. The Bertz CT molecular complexity index is 327. The summed E-state index contributed by atoms with van der Waals surface area (Å²) < 4.78 is 1.98. The number of hydrogen-bond acceptors (Lipinski definition) is 2. The van der Waals surface area contributed by atoms with Gasteiger partial charge in [0, 0.05) is 18.8 Å². The van der Waals surface area contributed by atoms with Crippen molar-refractivity contribution in [2.24, 2.45) is 0 Å². The van der Waals surface area contributed by atoms with Crippen molar-refractivity contribution in [2.75, 3.05) is 6.54 Å². The fraction of sp³-hybridized carbons (Fsp3) is 0.583. The smallest absolute Gasteiger partial charge is 0.0560 e. The molecule has 0 saturated heterocycles. The zero-order valence-electron chi connectivity index (χ0n) is 10.5. The third kappa shape index (κ3) is 5.93. The van der Waals surface area contributed by atoms with Crippen LogP contribution >= 0.6 is 12.4 Å². The van der Waals surface area contributed by atoms with E-state index in [0.717, 1.165) is 13.1 Å². The van der Waals surface area contributed by atoms with E-state index in [0.29, 0.717) is 6.04 Å². The summed E-state index contributed by atoms with van der Waals surface area (Å²) in [4.78, 5) is 0. The Morgan fingerprint density at radius 3 is 2.75 bits per heavy atom. The van der Waals surface area contributed by atoms with Crippen molar-refractivity contribution in [2.45, 2.75) is 40.3 Å². The van der Waals surface area contributed by atoms with Crippen LogP contribution in [0.25, 0.3) is 0 Å². The van der Waals surface area contributed by atoms with Gasteiger partial charge in [-0.1, -0.05) is 11.6 Å². The van der Waals surface area contributed by atoms with E-state index in [-0.39, 0.29) is 12.4 Å². The standard InChI is InChI=1S/C12H21N3.ClH/c1-10(2)5-6-13-12(4)9-15-8-11(3)7-14-15;/h5,7-8,12-13H,6,9H2,1-4H3;1H. The largest absolute Gasteiger partial charge is 0.309 e. The molecule has 1 atom stereocenters. The first-order chi connectivity index (χ1) is 7.08. The highest BCUT2D eigenvalue weighted by molar-refractivity contribution is 5.85. The minimum atomic E-state index is 0. The molecule has 3 nitrogen and oxygen atoms in total. The van der Waals surface area contributed by atoms with Crippen LogP contribution in [0.4, 0.5) is 0 Å². The van der Waals surface area contributed by atoms with Gasteiger partial charge in [0.15, 0.2) is 0 Å². The Morgan fingerprint density at radius 2 is 2.25 bits per heavy atom. The predicted molar refractivity (Wildman–Crippen MR) is 71.1 cm³/mol. The van der Waals surface area contributed by atoms with Gasteiger partial charge in [-0.15, -0.1) is 12.4 Å². The molecule has 92 valence electrons. The minimum Gasteiger partial charge on any atom is -0.309 e. The van der Waals surface area contributed by atoms with Crippen LogP contribution < -0.4 is 5.32 Å². The van der Waals surface area contributed by atoms with Crippen LogP contribution in [-0.4, -0.2) is 22.4 Å². The van der Waals surface area contributed by atoms with E-state index >= 15 is 0 Å². The lowest BCUT2D eigenvalue weighted by Gasteiger charge is -2.12. The highest BCUT2D eigenvalue weighted by atomic mass is 35.5. The highest BCUT2D eigenvalue weighted by Crippen LogP contribution is 1.96. The van der Waals surface area contributed by atoms with Crippen molar-refractivity contribution in [1.82, 2.24) is 15.1 Å². The van der Waals surface area contributed by atoms with Crippen molar-refractivity contribution in [1.29, 1.82) is 0 Å². The summed E-state index contributed by atoms with van der Waals surface area (Å²) >= 11 is 0. The minimum absolute atomic E-state index is 0. The van der Waals surface area contributed by atoms with Gasteiger partial charge in [-0.2, -0.15) is 5.10 Å². The molecule has 0 saturated carbocycles. The Hall–Kier alpha value is -0.800. The summed E-state index contributed by atoms with van der Waals surface area (Å²) in [5.74, 6) is 0. The normalized spacial score (nSPS) is 11.8. The van der Waals surface area contributed by atoms with Gasteiger partial charge in [0.05, 0.1) is 12.7 Å². The second-order valence-corrected chi connectivity index (χ2v) is 4.33. The molecule has 0 fully saturated rings. The molecule has 1 aromatic rings. The van der Waals surface area contributed by atoms with Crippen LogP contribution in [0.1, 0.15) is 26.3 Å². The highest BCUT2D eigenvalue weighted by Gasteiger charge is 2.01. The van der Waals surface area contributed by atoms with Gasteiger partial charge in [0.1, 0.15) is 0 Å². The van der Waals surface area contributed by atoms with Crippen molar-refractivity contribution >= 4 is 12.4 Å². The zero-order chi connectivity index (χ0) is 11.3. The molecule has 1 unspecified atom stereocenters. The third-order valence-corrected chi connectivity index (χ3v) is 2.20. The Kier molecular flexibility index (Phi) is 7.10. The second-order valence-electron chi connectivity index (χ2n) is 4.33. The molecule has 16 heavy (non-hydrogen) atoms. The molecule has 0 aromatic carbocycles. The monoisotopic (exact) mass is 243 g/mol. The summed E-state index contributed by atoms with van der Waals surface area (Å²) in [6, 6.07) is 0.444. The molecule has 1 N–H and O–H groups in total. The summed E-state index contributed by atoms with van der Waals surface area (Å²) in [5.41, 5.74) is 2.57. The maximum atomic E-state index is 4.26. The predicted octanol–water partition coefficient (Wildman–Crippen LogP) is 2.56. The molecule has 1 heterocycles. The van der Waals surface area contributed by atoms with Gasteiger partial charge in [-0.05, 0) is 33.3 Å². The molecule has 0 radical (unpaired) electrons. The maximum absolute atomic E-state index is 4.26. The number of halogens is 1. The third-order valence-electron chi connectivity index (χ3n) is 2.20. The van der Waals surface area contributed by atoms with Crippen LogP contribution in [0.15, 0.2) is 24.0 Å². The summed E-state index contributed by atoms with van der Waals surface area (Å²) in [6.45, 7) is 10.3. The van der Waals surface area contributed by atoms with E-state index in [1.54, 1.807) is 0 Å². The fourth-order valence-electron chi connectivity index (χ4n) is 1.38.